The van der Waals surface area contributed by atoms with Crippen LogP contribution >= 0.6 is 39.3 Å². The van der Waals surface area contributed by atoms with Gasteiger partial charge in [0.05, 0.1) is 0 Å². The Hall–Kier alpha value is 0.300. The Labute approximate surface area is 108 Å². The molecule has 4 heteroatoms. The maximum atomic E-state index is 5.99. The maximum Gasteiger partial charge on any atom is 0.0410 e. The predicted molar refractivity (Wildman–Crippen MR) is 71.8 cm³/mol. The van der Waals surface area contributed by atoms with E-state index in [0.717, 1.165) is 16.0 Å². The molecule has 0 N–H and O–H groups in total. The Morgan fingerprint density at radius 2 is 2.07 bits per heavy atom. The molecule has 1 fully saturated rings. The molecule has 0 aliphatic carbocycles. The highest BCUT2D eigenvalue weighted by atomic mass is 79.9. The van der Waals surface area contributed by atoms with Gasteiger partial charge in [-0.3, -0.25) is 4.90 Å². The van der Waals surface area contributed by atoms with Gasteiger partial charge in [-0.05, 0) is 23.8 Å². The lowest BCUT2D eigenvalue weighted by atomic mass is 10.2. The van der Waals surface area contributed by atoms with Crippen LogP contribution in [-0.4, -0.2) is 29.5 Å². The Kier molecular flexibility index (Phi) is 4.38. The van der Waals surface area contributed by atoms with Gasteiger partial charge in [-0.2, -0.15) is 11.8 Å². The quantitative estimate of drug-likeness (QED) is 0.820. The van der Waals surface area contributed by atoms with Crippen molar-refractivity contribution in [2.24, 2.45) is 0 Å². The highest BCUT2D eigenvalue weighted by molar-refractivity contribution is 9.10. The number of rotatable bonds is 2. The fourth-order valence-corrected chi connectivity index (χ4v) is 3.21. The van der Waals surface area contributed by atoms with E-state index in [1.807, 2.05) is 30.0 Å². The zero-order valence-electron chi connectivity index (χ0n) is 8.38. The molecular formula is C11H13BrClNS. The number of nitrogens with zero attached hydrogens (tertiary/aromatic N) is 1. The molecule has 1 aromatic carbocycles. The molecule has 0 amide bonds. The zero-order valence-corrected chi connectivity index (χ0v) is 11.5. The van der Waals surface area contributed by atoms with Crippen LogP contribution in [0.1, 0.15) is 5.56 Å². The summed E-state index contributed by atoms with van der Waals surface area (Å²) in [5.41, 5.74) is 1.29. The van der Waals surface area contributed by atoms with Gasteiger partial charge >= 0.3 is 0 Å². The Balaban J connectivity index is 2.05. The molecule has 1 heterocycles. The first-order valence-electron chi connectivity index (χ1n) is 5.00. The van der Waals surface area contributed by atoms with Crippen molar-refractivity contribution in [2.45, 2.75) is 6.54 Å². The van der Waals surface area contributed by atoms with Crippen LogP contribution in [0.25, 0.3) is 0 Å². The molecule has 1 saturated heterocycles. The van der Waals surface area contributed by atoms with Gasteiger partial charge in [0, 0.05) is 40.6 Å². The molecule has 0 unspecified atom stereocenters. The largest absolute Gasteiger partial charge is 0.297 e. The van der Waals surface area contributed by atoms with Gasteiger partial charge in [0.15, 0.2) is 0 Å². The van der Waals surface area contributed by atoms with E-state index >= 15 is 0 Å². The first-order valence-corrected chi connectivity index (χ1v) is 7.32. The van der Waals surface area contributed by atoms with E-state index < -0.39 is 0 Å². The number of hydrogen-bond donors (Lipinski definition) is 0. The predicted octanol–water partition coefficient (Wildman–Crippen LogP) is 3.65. The van der Waals surface area contributed by atoms with Gasteiger partial charge in [0.2, 0.25) is 0 Å². The van der Waals surface area contributed by atoms with Gasteiger partial charge in [0.25, 0.3) is 0 Å². The fraction of sp³-hybridized carbons (Fsp3) is 0.455. The molecule has 0 bridgehead atoms. The van der Waals surface area contributed by atoms with Crippen LogP contribution in [0, 0.1) is 0 Å². The molecule has 1 aromatic rings. The smallest absolute Gasteiger partial charge is 0.0410 e. The van der Waals surface area contributed by atoms with Crippen LogP contribution < -0.4 is 0 Å². The molecule has 1 aliphatic heterocycles. The minimum absolute atomic E-state index is 0.819. The van der Waals surface area contributed by atoms with Crippen molar-refractivity contribution in [1.29, 1.82) is 0 Å². The lowest BCUT2D eigenvalue weighted by Gasteiger charge is -2.26. The third-order valence-corrected chi connectivity index (χ3v) is 4.46. The second-order valence-electron chi connectivity index (χ2n) is 3.62. The van der Waals surface area contributed by atoms with Crippen LogP contribution in [0.2, 0.25) is 5.02 Å². The van der Waals surface area contributed by atoms with E-state index in [0.29, 0.717) is 0 Å². The minimum atomic E-state index is 0.819. The highest BCUT2D eigenvalue weighted by Crippen LogP contribution is 2.23. The number of thioether (sulfide) groups is 1. The Morgan fingerprint density at radius 1 is 1.33 bits per heavy atom. The van der Waals surface area contributed by atoms with Crippen LogP contribution in [0.15, 0.2) is 22.7 Å². The molecule has 0 atom stereocenters. The normalized spacial score (nSPS) is 18.0. The van der Waals surface area contributed by atoms with Crippen molar-refractivity contribution in [1.82, 2.24) is 4.90 Å². The summed E-state index contributed by atoms with van der Waals surface area (Å²) in [6.07, 6.45) is 0. The lowest BCUT2D eigenvalue weighted by Crippen LogP contribution is -2.32. The van der Waals surface area contributed by atoms with E-state index in [2.05, 4.69) is 20.8 Å². The Morgan fingerprint density at radius 3 is 2.80 bits per heavy atom. The van der Waals surface area contributed by atoms with E-state index in [1.54, 1.807) is 0 Å². The summed E-state index contributed by atoms with van der Waals surface area (Å²) in [4.78, 5) is 2.48. The lowest BCUT2D eigenvalue weighted by molar-refractivity contribution is 0.294. The molecular weight excluding hydrogens is 294 g/mol. The summed E-state index contributed by atoms with van der Waals surface area (Å²) in [5, 5.41) is 0.819. The number of hydrogen-bond acceptors (Lipinski definition) is 2. The topological polar surface area (TPSA) is 3.24 Å². The van der Waals surface area contributed by atoms with Crippen LogP contribution in [0.5, 0.6) is 0 Å². The fourth-order valence-electron chi connectivity index (χ4n) is 1.66. The minimum Gasteiger partial charge on any atom is -0.297 e. The SMILES string of the molecule is Clc1ccc(Br)c(CN2CCSCC2)c1. The molecule has 0 spiro atoms. The van der Waals surface area contributed by atoms with E-state index in [4.69, 9.17) is 11.6 Å². The van der Waals surface area contributed by atoms with Crippen LogP contribution in [0.4, 0.5) is 0 Å². The standard InChI is InChI=1S/C11H13BrClNS/c12-11-2-1-10(13)7-9(11)8-14-3-5-15-6-4-14/h1-2,7H,3-6,8H2. The van der Waals surface area contributed by atoms with E-state index in [9.17, 15) is 0 Å². The summed E-state index contributed by atoms with van der Waals surface area (Å²) in [7, 11) is 0. The van der Waals surface area contributed by atoms with Crippen molar-refractivity contribution >= 4 is 39.3 Å². The van der Waals surface area contributed by atoms with Crippen molar-refractivity contribution in [2.75, 3.05) is 24.6 Å². The monoisotopic (exact) mass is 305 g/mol. The zero-order chi connectivity index (χ0) is 10.7. The van der Waals surface area contributed by atoms with E-state index in [-0.39, 0.29) is 0 Å². The molecule has 1 aliphatic rings. The molecule has 0 aromatic heterocycles. The molecule has 0 saturated carbocycles. The average molecular weight is 307 g/mol. The second kappa shape index (κ2) is 5.58. The molecule has 15 heavy (non-hydrogen) atoms. The summed E-state index contributed by atoms with van der Waals surface area (Å²) in [6, 6.07) is 5.99. The first-order chi connectivity index (χ1) is 7.25. The second-order valence-corrected chi connectivity index (χ2v) is 6.14. The summed E-state index contributed by atoms with van der Waals surface area (Å²) < 4.78 is 1.16. The summed E-state index contributed by atoms with van der Waals surface area (Å²) >= 11 is 11.6. The third kappa shape index (κ3) is 3.38. The molecule has 2 rings (SSSR count). The molecule has 82 valence electrons. The summed E-state index contributed by atoms with van der Waals surface area (Å²) in [5.74, 6) is 2.50. The van der Waals surface area contributed by atoms with Crippen LogP contribution in [-0.2, 0) is 6.54 Å². The average Bonchev–Trinajstić information content (AvgIpc) is 2.25. The summed E-state index contributed by atoms with van der Waals surface area (Å²) in [6.45, 7) is 3.37. The maximum absolute atomic E-state index is 5.99. The van der Waals surface area contributed by atoms with Gasteiger partial charge in [-0.1, -0.05) is 27.5 Å². The number of halogens is 2. The van der Waals surface area contributed by atoms with Crippen LogP contribution in [0.3, 0.4) is 0 Å². The van der Waals surface area contributed by atoms with E-state index in [1.165, 1.54) is 30.2 Å². The molecule has 1 nitrogen and oxygen atoms in total. The van der Waals surface area contributed by atoms with Gasteiger partial charge in [-0.25, -0.2) is 0 Å². The van der Waals surface area contributed by atoms with Gasteiger partial charge < -0.3 is 0 Å². The van der Waals surface area contributed by atoms with Gasteiger partial charge in [0.1, 0.15) is 0 Å². The first kappa shape index (κ1) is 11.8. The Bertz CT molecular complexity index is 339. The van der Waals surface area contributed by atoms with Crippen molar-refractivity contribution in [3.8, 4) is 0 Å². The van der Waals surface area contributed by atoms with Crippen molar-refractivity contribution in [3.63, 3.8) is 0 Å². The van der Waals surface area contributed by atoms with Crippen molar-refractivity contribution in [3.05, 3.63) is 33.3 Å². The number of benzene rings is 1. The highest BCUT2D eigenvalue weighted by Gasteiger charge is 2.12. The molecule has 0 radical (unpaired) electrons. The third-order valence-electron chi connectivity index (χ3n) is 2.51. The van der Waals surface area contributed by atoms with Gasteiger partial charge in [-0.15, -0.1) is 0 Å². The van der Waals surface area contributed by atoms with Crippen molar-refractivity contribution < 1.29 is 0 Å².